The van der Waals surface area contributed by atoms with E-state index in [0.717, 1.165) is 18.4 Å². The van der Waals surface area contributed by atoms with Crippen molar-refractivity contribution in [2.24, 2.45) is 5.92 Å². The van der Waals surface area contributed by atoms with E-state index in [9.17, 15) is 4.79 Å². The molecule has 1 aromatic carbocycles. The molecule has 0 aromatic heterocycles. The van der Waals surface area contributed by atoms with Crippen molar-refractivity contribution in [3.63, 3.8) is 0 Å². The van der Waals surface area contributed by atoms with E-state index >= 15 is 0 Å². The molecule has 0 saturated carbocycles. The van der Waals surface area contributed by atoms with Crippen LogP contribution in [0.4, 0.5) is 0 Å². The summed E-state index contributed by atoms with van der Waals surface area (Å²) in [7, 11) is 0. The van der Waals surface area contributed by atoms with Gasteiger partial charge in [-0.15, -0.1) is 0 Å². The average Bonchev–Trinajstić information content (AvgIpc) is 2.28. The fourth-order valence-electron chi connectivity index (χ4n) is 1.98. The van der Waals surface area contributed by atoms with Gasteiger partial charge < -0.3 is 0 Å². The van der Waals surface area contributed by atoms with E-state index in [1.807, 2.05) is 0 Å². The van der Waals surface area contributed by atoms with Crippen molar-refractivity contribution in [3.05, 3.63) is 34.9 Å². The molecule has 0 N–H and O–H groups in total. The molecule has 0 heterocycles. The number of Topliss-reactive ketones (excluding diaryl/α,β-unsaturated/α-hetero) is 1. The van der Waals surface area contributed by atoms with Crippen molar-refractivity contribution < 1.29 is 4.79 Å². The number of benzene rings is 1. The monoisotopic (exact) mass is 232 g/mol. The van der Waals surface area contributed by atoms with E-state index in [0.29, 0.717) is 11.8 Å². The maximum absolute atomic E-state index is 11.7. The van der Waals surface area contributed by atoms with Crippen LogP contribution < -0.4 is 0 Å². The number of carbonyl (C=O) groups is 1. The Kier molecular flexibility index (Phi) is 4.92. The molecule has 1 nitrogen and oxygen atoms in total. The van der Waals surface area contributed by atoms with Crippen molar-refractivity contribution in [2.75, 3.05) is 0 Å². The first-order valence-corrected chi connectivity index (χ1v) is 6.59. The van der Waals surface area contributed by atoms with Crippen LogP contribution in [0.3, 0.4) is 0 Å². The first kappa shape index (κ1) is 14.0. The average molecular weight is 232 g/mol. The number of hydrogen-bond acceptors (Lipinski definition) is 1. The summed E-state index contributed by atoms with van der Waals surface area (Å²) in [6, 6.07) is 6.37. The zero-order chi connectivity index (χ0) is 13.0. The number of ketones is 1. The van der Waals surface area contributed by atoms with Crippen LogP contribution in [0.25, 0.3) is 0 Å². The van der Waals surface area contributed by atoms with E-state index < -0.39 is 0 Å². The molecule has 0 amide bonds. The van der Waals surface area contributed by atoms with E-state index in [1.165, 1.54) is 11.1 Å². The second-order valence-corrected chi connectivity index (χ2v) is 5.35. The largest absolute Gasteiger partial charge is 0.295 e. The molecule has 1 heteroatoms. The third-order valence-electron chi connectivity index (χ3n) is 3.45. The topological polar surface area (TPSA) is 17.1 Å². The molecule has 0 radical (unpaired) electrons. The minimum atomic E-state index is 0.186. The summed E-state index contributed by atoms with van der Waals surface area (Å²) in [4.78, 5) is 11.7. The maximum atomic E-state index is 11.7. The summed E-state index contributed by atoms with van der Waals surface area (Å²) in [5.74, 6) is 1.30. The highest BCUT2D eigenvalue weighted by Gasteiger charge is 2.12. The van der Waals surface area contributed by atoms with Gasteiger partial charge in [-0.1, -0.05) is 46.2 Å². The second-order valence-electron chi connectivity index (χ2n) is 5.35. The van der Waals surface area contributed by atoms with Crippen LogP contribution in [0.2, 0.25) is 0 Å². The van der Waals surface area contributed by atoms with Gasteiger partial charge in [-0.25, -0.2) is 0 Å². The molecular formula is C16H24O. The van der Waals surface area contributed by atoms with Crippen molar-refractivity contribution >= 4 is 5.78 Å². The fraction of sp³-hybridized carbons (Fsp3) is 0.562. The molecule has 94 valence electrons. The van der Waals surface area contributed by atoms with Crippen LogP contribution in [0.1, 0.15) is 68.4 Å². The molecule has 1 unspecified atom stereocenters. The van der Waals surface area contributed by atoms with Crippen molar-refractivity contribution in [1.82, 2.24) is 0 Å². The van der Waals surface area contributed by atoms with Crippen LogP contribution in [0, 0.1) is 5.92 Å². The zero-order valence-electron chi connectivity index (χ0n) is 11.7. The summed E-state index contributed by atoms with van der Waals surface area (Å²) in [6.07, 6.45) is 2.16. The van der Waals surface area contributed by atoms with Crippen molar-refractivity contribution in [1.29, 1.82) is 0 Å². The molecule has 0 spiro atoms. The highest BCUT2D eigenvalue weighted by Crippen LogP contribution is 2.22. The van der Waals surface area contributed by atoms with Gasteiger partial charge >= 0.3 is 0 Å². The second kappa shape index (κ2) is 6.00. The Labute approximate surface area is 105 Å². The maximum Gasteiger partial charge on any atom is 0.160 e. The number of rotatable bonds is 5. The first-order chi connectivity index (χ1) is 7.95. The van der Waals surface area contributed by atoms with Gasteiger partial charge in [0.1, 0.15) is 0 Å². The van der Waals surface area contributed by atoms with Crippen molar-refractivity contribution in [3.8, 4) is 0 Å². The third kappa shape index (κ3) is 3.69. The summed E-state index contributed by atoms with van der Waals surface area (Å²) < 4.78 is 0. The number of carbonyl (C=O) groups excluding carboxylic acids is 1. The SMILES string of the molecule is CCC(C)Cc1ccc(C(C)C)cc1C(C)=O. The molecular weight excluding hydrogens is 208 g/mol. The van der Waals surface area contributed by atoms with Gasteiger partial charge in [0.05, 0.1) is 0 Å². The van der Waals surface area contributed by atoms with Gasteiger partial charge in [0, 0.05) is 5.56 Å². The van der Waals surface area contributed by atoms with Crippen LogP contribution in [-0.2, 0) is 6.42 Å². The van der Waals surface area contributed by atoms with E-state index in [2.05, 4.69) is 45.9 Å². The van der Waals surface area contributed by atoms with E-state index in [1.54, 1.807) is 6.92 Å². The molecule has 0 aliphatic heterocycles. The Morgan fingerprint density at radius 3 is 2.35 bits per heavy atom. The van der Waals surface area contributed by atoms with Crippen LogP contribution in [0.5, 0.6) is 0 Å². The Bertz CT molecular complexity index is 391. The normalized spacial score (nSPS) is 12.8. The highest BCUT2D eigenvalue weighted by atomic mass is 16.1. The number of hydrogen-bond donors (Lipinski definition) is 0. The summed E-state index contributed by atoms with van der Waals surface area (Å²) in [5.41, 5.74) is 3.37. The lowest BCUT2D eigenvalue weighted by Crippen LogP contribution is -2.06. The van der Waals surface area contributed by atoms with Gasteiger partial charge in [0.25, 0.3) is 0 Å². The molecule has 17 heavy (non-hydrogen) atoms. The summed E-state index contributed by atoms with van der Waals surface area (Å²) >= 11 is 0. The third-order valence-corrected chi connectivity index (χ3v) is 3.45. The smallest absolute Gasteiger partial charge is 0.160 e. The van der Waals surface area contributed by atoms with Gasteiger partial charge in [-0.05, 0) is 42.4 Å². The summed E-state index contributed by atoms with van der Waals surface area (Å²) in [6.45, 7) is 10.4. The highest BCUT2D eigenvalue weighted by molar-refractivity contribution is 5.95. The minimum absolute atomic E-state index is 0.186. The summed E-state index contributed by atoms with van der Waals surface area (Å²) in [5, 5.41) is 0. The fourth-order valence-corrected chi connectivity index (χ4v) is 1.98. The first-order valence-electron chi connectivity index (χ1n) is 6.59. The zero-order valence-corrected chi connectivity index (χ0v) is 11.7. The quantitative estimate of drug-likeness (QED) is 0.678. The molecule has 1 atom stereocenters. The Morgan fingerprint density at radius 1 is 1.24 bits per heavy atom. The lowest BCUT2D eigenvalue weighted by atomic mass is 9.90. The molecule has 0 saturated heterocycles. The van der Waals surface area contributed by atoms with Crippen LogP contribution >= 0.6 is 0 Å². The standard InChI is InChI=1S/C16H24O/c1-6-12(4)9-15-8-7-14(11(2)3)10-16(15)13(5)17/h7-8,10-12H,6,9H2,1-5H3. The van der Waals surface area contributed by atoms with Gasteiger partial charge in [-0.2, -0.15) is 0 Å². The molecule has 1 rings (SSSR count). The lowest BCUT2D eigenvalue weighted by molar-refractivity contribution is 0.101. The Hall–Kier alpha value is -1.11. The Balaban J connectivity index is 3.09. The molecule has 0 fully saturated rings. The van der Waals surface area contributed by atoms with Gasteiger partial charge in [0.15, 0.2) is 5.78 Å². The van der Waals surface area contributed by atoms with E-state index in [4.69, 9.17) is 0 Å². The predicted octanol–water partition coefficient (Wildman–Crippen LogP) is 4.60. The Morgan fingerprint density at radius 2 is 1.88 bits per heavy atom. The van der Waals surface area contributed by atoms with Gasteiger partial charge in [0.2, 0.25) is 0 Å². The van der Waals surface area contributed by atoms with E-state index in [-0.39, 0.29) is 5.78 Å². The molecule has 0 aliphatic carbocycles. The minimum Gasteiger partial charge on any atom is -0.295 e. The molecule has 0 bridgehead atoms. The van der Waals surface area contributed by atoms with Crippen LogP contribution in [0.15, 0.2) is 18.2 Å². The van der Waals surface area contributed by atoms with Gasteiger partial charge in [-0.3, -0.25) is 4.79 Å². The van der Waals surface area contributed by atoms with Crippen LogP contribution in [-0.4, -0.2) is 5.78 Å². The molecule has 0 aliphatic rings. The molecule has 1 aromatic rings. The lowest BCUT2D eigenvalue weighted by Gasteiger charge is -2.14. The predicted molar refractivity (Wildman–Crippen MR) is 73.7 cm³/mol. The van der Waals surface area contributed by atoms with Crippen molar-refractivity contribution in [2.45, 2.75) is 53.4 Å².